The van der Waals surface area contributed by atoms with E-state index in [1.54, 1.807) is 0 Å². The second-order valence-electron chi connectivity index (χ2n) is 8.47. The standard InChI is InChI=1S/C27H25BrN4O2/c28-19-9-6-16(7-10-19)14-23(33)31-27-25(26(34)17-4-2-1-3-5-17)32-24-21-12-11-20(29)15-18(21)8-13-22(24)30-27/h1-7,9-12,15,23,26,33-34H,8,13-14,29H2,(H,30,31). The van der Waals surface area contributed by atoms with Crippen molar-refractivity contribution in [3.8, 4) is 11.3 Å². The number of hydrogen-bond acceptors (Lipinski definition) is 6. The van der Waals surface area contributed by atoms with Crippen LogP contribution < -0.4 is 11.1 Å². The van der Waals surface area contributed by atoms with Crippen molar-refractivity contribution >= 4 is 27.4 Å². The average Bonchev–Trinajstić information content (AvgIpc) is 2.85. The minimum atomic E-state index is -1.000. The van der Waals surface area contributed by atoms with Gasteiger partial charge in [-0.15, -0.1) is 0 Å². The summed E-state index contributed by atoms with van der Waals surface area (Å²) in [5, 5.41) is 25.2. The Balaban J connectivity index is 1.53. The van der Waals surface area contributed by atoms with Crippen molar-refractivity contribution in [1.82, 2.24) is 9.97 Å². The maximum absolute atomic E-state index is 11.3. The largest absolute Gasteiger partial charge is 0.399 e. The zero-order valence-corrected chi connectivity index (χ0v) is 20.0. The summed E-state index contributed by atoms with van der Waals surface area (Å²) in [5.74, 6) is 0.388. The maximum atomic E-state index is 11.3. The molecule has 2 atom stereocenters. The molecule has 1 heterocycles. The Kier molecular flexibility index (Phi) is 6.32. The molecule has 0 spiro atoms. The molecule has 0 amide bonds. The highest BCUT2D eigenvalue weighted by Gasteiger charge is 2.26. The zero-order valence-electron chi connectivity index (χ0n) is 18.4. The third kappa shape index (κ3) is 4.68. The van der Waals surface area contributed by atoms with Crippen LogP contribution in [-0.4, -0.2) is 26.4 Å². The molecule has 0 fully saturated rings. The van der Waals surface area contributed by atoms with Crippen LogP contribution in [-0.2, 0) is 19.3 Å². The summed E-state index contributed by atoms with van der Waals surface area (Å²) in [6, 6.07) is 22.9. The number of halogens is 1. The van der Waals surface area contributed by atoms with E-state index in [-0.39, 0.29) is 0 Å². The number of aromatic nitrogens is 2. The highest BCUT2D eigenvalue weighted by molar-refractivity contribution is 9.10. The lowest BCUT2D eigenvalue weighted by Crippen LogP contribution is -2.25. The normalized spacial score (nSPS) is 14.1. The number of hydrogen-bond donors (Lipinski definition) is 4. The van der Waals surface area contributed by atoms with Gasteiger partial charge in [-0.2, -0.15) is 0 Å². The van der Waals surface area contributed by atoms with E-state index < -0.39 is 12.3 Å². The van der Waals surface area contributed by atoms with Gasteiger partial charge in [0, 0.05) is 22.1 Å². The smallest absolute Gasteiger partial charge is 0.153 e. The zero-order chi connectivity index (χ0) is 23.7. The number of aryl methyl sites for hydroxylation is 2. The van der Waals surface area contributed by atoms with Crippen molar-refractivity contribution in [3.05, 3.63) is 105 Å². The molecule has 34 heavy (non-hydrogen) atoms. The summed E-state index contributed by atoms with van der Waals surface area (Å²) in [6.45, 7) is 0. The molecule has 5 rings (SSSR count). The Labute approximate surface area is 206 Å². The van der Waals surface area contributed by atoms with Crippen molar-refractivity contribution in [2.45, 2.75) is 31.6 Å². The molecule has 1 aromatic heterocycles. The molecule has 6 nitrogen and oxygen atoms in total. The number of anilines is 2. The van der Waals surface area contributed by atoms with Crippen LogP contribution >= 0.6 is 15.9 Å². The van der Waals surface area contributed by atoms with Gasteiger partial charge in [0.1, 0.15) is 18.0 Å². The first-order valence-corrected chi connectivity index (χ1v) is 12.0. The highest BCUT2D eigenvalue weighted by Crippen LogP contribution is 2.36. The van der Waals surface area contributed by atoms with E-state index >= 15 is 0 Å². The summed E-state index contributed by atoms with van der Waals surface area (Å²) in [5.41, 5.74) is 12.5. The third-order valence-electron chi connectivity index (χ3n) is 6.03. The van der Waals surface area contributed by atoms with E-state index in [1.165, 1.54) is 0 Å². The topological polar surface area (TPSA) is 104 Å². The Hall–Kier alpha value is -3.26. The van der Waals surface area contributed by atoms with Crippen molar-refractivity contribution in [2.75, 3.05) is 11.1 Å². The molecule has 1 aliphatic rings. The molecule has 0 bridgehead atoms. The molecule has 5 N–H and O–H groups in total. The molecular formula is C27H25BrN4O2. The molecule has 2 unspecified atom stereocenters. The summed E-state index contributed by atoms with van der Waals surface area (Å²) < 4.78 is 0.981. The van der Waals surface area contributed by atoms with E-state index in [4.69, 9.17) is 15.7 Å². The van der Waals surface area contributed by atoms with Gasteiger partial charge in [0.2, 0.25) is 0 Å². The Bertz CT molecular complexity index is 1310. The minimum absolute atomic E-state index is 0.379. The fourth-order valence-corrected chi connectivity index (χ4v) is 4.58. The first-order chi connectivity index (χ1) is 16.5. The SMILES string of the molecule is Nc1ccc2c(c1)CCc1nc(NC(O)Cc3ccc(Br)cc3)c(C(O)c3ccccc3)nc1-2. The number of benzene rings is 3. The molecule has 0 radical (unpaired) electrons. The molecular weight excluding hydrogens is 492 g/mol. The quantitative estimate of drug-likeness (QED) is 0.220. The van der Waals surface area contributed by atoms with E-state index in [2.05, 4.69) is 21.2 Å². The molecule has 7 heteroatoms. The van der Waals surface area contributed by atoms with Gasteiger partial charge in [-0.25, -0.2) is 9.97 Å². The number of nitrogens with two attached hydrogens (primary N) is 1. The lowest BCUT2D eigenvalue weighted by molar-refractivity contribution is 0.199. The summed E-state index contributed by atoms with van der Waals surface area (Å²) >= 11 is 3.43. The van der Waals surface area contributed by atoms with Gasteiger partial charge in [-0.05, 0) is 53.8 Å². The second kappa shape index (κ2) is 9.54. The number of nitrogen functional groups attached to an aromatic ring is 1. The van der Waals surface area contributed by atoms with Crippen molar-refractivity contribution in [2.24, 2.45) is 0 Å². The van der Waals surface area contributed by atoms with Crippen molar-refractivity contribution in [1.29, 1.82) is 0 Å². The predicted molar refractivity (Wildman–Crippen MR) is 137 cm³/mol. The number of fused-ring (bicyclic) bond motifs is 3. The van der Waals surface area contributed by atoms with Gasteiger partial charge in [0.15, 0.2) is 5.82 Å². The van der Waals surface area contributed by atoms with Crippen LogP contribution in [0.1, 0.15) is 34.2 Å². The first kappa shape index (κ1) is 22.5. The third-order valence-corrected chi connectivity index (χ3v) is 6.56. The van der Waals surface area contributed by atoms with Crippen LogP contribution in [0.4, 0.5) is 11.5 Å². The summed E-state index contributed by atoms with van der Waals surface area (Å²) in [7, 11) is 0. The van der Waals surface area contributed by atoms with Gasteiger partial charge in [0.25, 0.3) is 0 Å². The van der Waals surface area contributed by atoms with E-state index in [9.17, 15) is 10.2 Å². The van der Waals surface area contributed by atoms with Crippen molar-refractivity contribution < 1.29 is 10.2 Å². The van der Waals surface area contributed by atoms with Crippen LogP contribution in [0.5, 0.6) is 0 Å². The lowest BCUT2D eigenvalue weighted by Gasteiger charge is -2.24. The maximum Gasteiger partial charge on any atom is 0.153 e. The second-order valence-corrected chi connectivity index (χ2v) is 9.39. The Morgan fingerprint density at radius 1 is 0.941 bits per heavy atom. The van der Waals surface area contributed by atoms with Crippen LogP contribution in [0.2, 0.25) is 0 Å². The number of aliphatic hydroxyl groups is 2. The number of rotatable bonds is 6. The summed E-state index contributed by atoms with van der Waals surface area (Å²) in [4.78, 5) is 9.74. The van der Waals surface area contributed by atoms with Gasteiger partial charge < -0.3 is 21.3 Å². The predicted octanol–water partition coefficient (Wildman–Crippen LogP) is 4.64. The molecule has 172 valence electrons. The van der Waals surface area contributed by atoms with Crippen molar-refractivity contribution in [3.63, 3.8) is 0 Å². The number of nitrogens with zero attached hydrogens (tertiary/aromatic N) is 2. The molecule has 0 saturated carbocycles. The van der Waals surface area contributed by atoms with Gasteiger partial charge in [-0.1, -0.05) is 64.5 Å². The van der Waals surface area contributed by atoms with Crippen LogP contribution in [0, 0.1) is 0 Å². The number of nitrogens with one attached hydrogen (secondary N) is 1. The van der Waals surface area contributed by atoms with E-state index in [0.717, 1.165) is 39.0 Å². The van der Waals surface area contributed by atoms with Gasteiger partial charge in [-0.3, -0.25) is 0 Å². The fraction of sp³-hybridized carbons (Fsp3) is 0.185. The molecule has 3 aromatic carbocycles. The lowest BCUT2D eigenvalue weighted by atomic mass is 9.91. The Morgan fingerprint density at radius 3 is 2.47 bits per heavy atom. The highest BCUT2D eigenvalue weighted by atomic mass is 79.9. The van der Waals surface area contributed by atoms with Crippen LogP contribution in [0.25, 0.3) is 11.3 Å². The fourth-order valence-electron chi connectivity index (χ4n) is 4.32. The monoisotopic (exact) mass is 516 g/mol. The van der Waals surface area contributed by atoms with E-state index in [0.29, 0.717) is 35.6 Å². The van der Waals surface area contributed by atoms with Gasteiger partial charge >= 0.3 is 0 Å². The van der Waals surface area contributed by atoms with Gasteiger partial charge in [0.05, 0.1) is 11.4 Å². The van der Waals surface area contributed by atoms with E-state index in [1.807, 2.05) is 72.8 Å². The van der Waals surface area contributed by atoms with Crippen LogP contribution in [0.3, 0.4) is 0 Å². The Morgan fingerprint density at radius 2 is 1.71 bits per heavy atom. The minimum Gasteiger partial charge on any atom is -0.399 e. The summed E-state index contributed by atoms with van der Waals surface area (Å²) in [6.07, 6.45) is 0.00255. The molecule has 4 aromatic rings. The van der Waals surface area contributed by atoms with Crippen LogP contribution in [0.15, 0.2) is 77.3 Å². The molecule has 0 saturated heterocycles. The average molecular weight is 517 g/mol. The molecule has 1 aliphatic carbocycles. The molecule has 0 aliphatic heterocycles. The number of aliphatic hydroxyl groups excluding tert-OH is 2. The first-order valence-electron chi connectivity index (χ1n) is 11.2.